The summed E-state index contributed by atoms with van der Waals surface area (Å²) in [7, 11) is 1.59. The minimum absolute atomic E-state index is 0.0244. The highest BCUT2D eigenvalue weighted by atomic mass is 35.5. The van der Waals surface area contributed by atoms with Gasteiger partial charge in [0.15, 0.2) is 5.96 Å². The number of guanidine groups is 1. The van der Waals surface area contributed by atoms with Crippen LogP contribution < -0.4 is 16.4 Å². The van der Waals surface area contributed by atoms with Crippen LogP contribution >= 0.6 is 34.3 Å². The Bertz CT molecular complexity index is 2060. The highest BCUT2D eigenvalue weighted by Gasteiger charge is 2.42. The van der Waals surface area contributed by atoms with E-state index in [9.17, 15) is 19.5 Å². The number of ether oxygens (including phenoxy) is 2. The second-order valence-electron chi connectivity index (χ2n) is 16.1. The standard InChI is InChI=1S/C42H55ClN8O6S2/c1-25-32(49-38(58-25)27-16-19-50(20-17-27)41(55)57-42(2,3)4)22-35(52)51-23-29(56-24-26-12-14-28(43)15-13-26)21-33(51)37(54)47-31(10-8-18-46-40(44)45-5)36(53)39-48-30-9-6-7-11-34(30)59-39/h6-7,9,11-15,27,29,31,33,36,53H,8,10,16-24H2,1-5H3,(H,47,54)(H3,44,45,46)/t29-,31+,33+,36?/m1/s1. The van der Waals surface area contributed by atoms with E-state index in [-0.39, 0.29) is 49.8 Å². The zero-order valence-corrected chi connectivity index (χ0v) is 36.7. The number of aliphatic hydroxyl groups excluding tert-OH is 1. The van der Waals surface area contributed by atoms with E-state index in [0.717, 1.165) is 38.5 Å². The first-order chi connectivity index (χ1) is 28.2. The number of fused-ring (bicyclic) bond motifs is 1. The van der Waals surface area contributed by atoms with Gasteiger partial charge in [0, 0.05) is 55.5 Å². The Labute approximate surface area is 358 Å². The summed E-state index contributed by atoms with van der Waals surface area (Å²) in [6.07, 6.45) is 0.952. The van der Waals surface area contributed by atoms with Gasteiger partial charge in [0.25, 0.3) is 0 Å². The summed E-state index contributed by atoms with van der Waals surface area (Å²) in [4.78, 5) is 59.2. The monoisotopic (exact) mass is 866 g/mol. The van der Waals surface area contributed by atoms with Gasteiger partial charge < -0.3 is 40.7 Å². The molecule has 2 fully saturated rings. The van der Waals surface area contributed by atoms with Gasteiger partial charge >= 0.3 is 6.09 Å². The van der Waals surface area contributed by atoms with Crippen LogP contribution in [-0.4, -0.2) is 106 Å². The minimum Gasteiger partial charge on any atom is -0.444 e. The van der Waals surface area contributed by atoms with Crippen LogP contribution in [0.4, 0.5) is 4.79 Å². The lowest BCUT2D eigenvalue weighted by atomic mass is 9.98. The smallest absolute Gasteiger partial charge is 0.410 e. The van der Waals surface area contributed by atoms with E-state index in [2.05, 4.69) is 20.6 Å². The Balaban J connectivity index is 1.17. The van der Waals surface area contributed by atoms with Crippen molar-refractivity contribution in [1.82, 2.24) is 30.4 Å². The highest BCUT2D eigenvalue weighted by molar-refractivity contribution is 7.18. The van der Waals surface area contributed by atoms with Gasteiger partial charge in [0.05, 0.1) is 46.1 Å². The second kappa shape index (κ2) is 19.8. The topological polar surface area (TPSA) is 185 Å². The molecule has 2 aromatic heterocycles. The van der Waals surface area contributed by atoms with Crippen molar-refractivity contribution in [3.63, 3.8) is 0 Å². The Hall–Kier alpha value is -4.35. The minimum atomic E-state index is -1.09. The number of para-hydroxylation sites is 1. The number of carbonyl (C=O) groups is 3. The van der Waals surface area contributed by atoms with Crippen molar-refractivity contribution in [2.45, 2.75) is 109 Å². The van der Waals surface area contributed by atoms with Crippen molar-refractivity contribution in [2.24, 2.45) is 10.7 Å². The maximum absolute atomic E-state index is 14.4. The molecule has 0 radical (unpaired) electrons. The van der Waals surface area contributed by atoms with Gasteiger partial charge in [-0.2, -0.15) is 0 Å². The highest BCUT2D eigenvalue weighted by Crippen LogP contribution is 2.34. The number of rotatable bonds is 14. The van der Waals surface area contributed by atoms with E-state index < -0.39 is 29.9 Å². The third-order valence-corrected chi connectivity index (χ3v) is 13.1. The van der Waals surface area contributed by atoms with Gasteiger partial charge in [-0.3, -0.25) is 14.6 Å². The molecular weight excluding hydrogens is 812 g/mol. The number of aromatic nitrogens is 2. The number of hydrogen-bond acceptors (Lipinski definition) is 11. The molecule has 0 spiro atoms. The molecule has 5 N–H and O–H groups in total. The largest absolute Gasteiger partial charge is 0.444 e. The number of benzene rings is 2. The molecule has 4 heterocycles. The van der Waals surface area contributed by atoms with Crippen molar-refractivity contribution in [2.75, 3.05) is 33.2 Å². The van der Waals surface area contributed by atoms with E-state index >= 15 is 0 Å². The molecule has 2 aromatic carbocycles. The van der Waals surface area contributed by atoms with Gasteiger partial charge in [0.2, 0.25) is 11.8 Å². The zero-order valence-electron chi connectivity index (χ0n) is 34.3. The number of likely N-dealkylation sites (tertiary alicyclic amines) is 2. The molecule has 0 saturated carbocycles. The average molecular weight is 868 g/mol. The van der Waals surface area contributed by atoms with Crippen LogP contribution in [0, 0.1) is 6.92 Å². The number of hydrogen-bond donors (Lipinski definition) is 4. The van der Waals surface area contributed by atoms with Gasteiger partial charge in [-0.1, -0.05) is 35.9 Å². The number of nitrogens with zero attached hydrogens (tertiary/aromatic N) is 5. The fourth-order valence-corrected chi connectivity index (χ4v) is 9.55. The lowest BCUT2D eigenvalue weighted by molar-refractivity contribution is -0.138. The number of nitrogens with one attached hydrogen (secondary N) is 2. The lowest BCUT2D eigenvalue weighted by Gasteiger charge is -2.32. The molecule has 0 aliphatic carbocycles. The van der Waals surface area contributed by atoms with Gasteiger partial charge in [0.1, 0.15) is 22.8 Å². The Morgan fingerprint density at radius 2 is 1.81 bits per heavy atom. The molecule has 2 aliphatic heterocycles. The third-order valence-electron chi connectivity index (χ3n) is 10.5. The van der Waals surface area contributed by atoms with Gasteiger partial charge in [-0.25, -0.2) is 14.8 Å². The van der Waals surface area contributed by atoms with Crippen molar-refractivity contribution < 1.29 is 29.0 Å². The second-order valence-corrected chi connectivity index (χ2v) is 18.8. The number of thiazole rings is 2. The van der Waals surface area contributed by atoms with Crippen LogP contribution in [0.2, 0.25) is 5.02 Å². The average Bonchev–Trinajstić information content (AvgIpc) is 3.95. The molecule has 59 heavy (non-hydrogen) atoms. The molecule has 1 unspecified atom stereocenters. The van der Waals surface area contributed by atoms with Crippen molar-refractivity contribution in [3.8, 4) is 0 Å². The fourth-order valence-electron chi connectivity index (χ4n) is 7.30. The van der Waals surface area contributed by atoms with Crippen molar-refractivity contribution in [1.29, 1.82) is 0 Å². The normalized spacial score (nSPS) is 18.9. The molecule has 6 rings (SSSR count). The van der Waals surface area contributed by atoms with E-state index in [0.29, 0.717) is 54.2 Å². The molecule has 3 amide bonds. The van der Waals surface area contributed by atoms with Crippen LogP contribution in [0.5, 0.6) is 0 Å². The maximum Gasteiger partial charge on any atom is 0.410 e. The van der Waals surface area contributed by atoms with Crippen LogP contribution in [0.3, 0.4) is 0 Å². The Morgan fingerprint density at radius 1 is 1.08 bits per heavy atom. The summed E-state index contributed by atoms with van der Waals surface area (Å²) in [5.74, 6) is -0.148. The molecule has 4 atom stereocenters. The first-order valence-electron chi connectivity index (χ1n) is 20.1. The first-order valence-corrected chi connectivity index (χ1v) is 22.1. The van der Waals surface area contributed by atoms with E-state index in [4.69, 9.17) is 31.8 Å². The van der Waals surface area contributed by atoms with Gasteiger partial charge in [-0.15, -0.1) is 22.7 Å². The first kappa shape index (κ1) is 44.2. The van der Waals surface area contributed by atoms with E-state index in [1.165, 1.54) is 11.3 Å². The number of carbonyl (C=O) groups excluding carboxylic acids is 3. The number of aryl methyl sites for hydroxylation is 1. The Kier molecular flexibility index (Phi) is 14.8. The summed E-state index contributed by atoms with van der Waals surface area (Å²) in [6, 6.07) is 13.5. The predicted molar refractivity (Wildman–Crippen MR) is 232 cm³/mol. The van der Waals surface area contributed by atoms with Crippen molar-refractivity contribution >= 4 is 68.4 Å². The molecular formula is C42H55ClN8O6S2. The number of aliphatic imine (C=N–C) groups is 1. The fraction of sp³-hybridized carbons (Fsp3) is 0.524. The quantitative estimate of drug-likeness (QED) is 0.0657. The van der Waals surface area contributed by atoms with Crippen LogP contribution in [-0.2, 0) is 32.1 Å². The molecule has 318 valence electrons. The number of halogens is 1. The zero-order chi connectivity index (χ0) is 42.3. The summed E-state index contributed by atoms with van der Waals surface area (Å²) in [6.45, 7) is 9.67. The number of amides is 3. The molecule has 0 bridgehead atoms. The number of piperidine rings is 1. The van der Waals surface area contributed by atoms with Gasteiger partial charge in [-0.05, 0) is 83.2 Å². The predicted octanol–water partition coefficient (Wildman–Crippen LogP) is 6.09. The molecule has 14 nitrogen and oxygen atoms in total. The van der Waals surface area contributed by atoms with E-state index in [1.807, 2.05) is 64.1 Å². The lowest BCUT2D eigenvalue weighted by Crippen LogP contribution is -2.50. The summed E-state index contributed by atoms with van der Waals surface area (Å²) in [5.41, 5.74) is 7.65. The van der Waals surface area contributed by atoms with Crippen LogP contribution in [0.25, 0.3) is 10.2 Å². The maximum atomic E-state index is 14.4. The Morgan fingerprint density at radius 3 is 2.51 bits per heavy atom. The summed E-state index contributed by atoms with van der Waals surface area (Å²) >= 11 is 9.06. The molecule has 2 saturated heterocycles. The summed E-state index contributed by atoms with van der Waals surface area (Å²) < 4.78 is 12.8. The van der Waals surface area contributed by atoms with E-state index in [1.54, 1.807) is 40.3 Å². The SMILES string of the molecule is C/N=C(\N)NCCC[C@H](NC(=O)[C@@H]1C[C@@H](OCc2ccc(Cl)cc2)CN1C(=O)Cc1nc(C2CCN(C(=O)OC(C)(C)C)CC2)sc1C)C(O)c1nc2ccccc2s1. The molecule has 17 heteroatoms. The number of aliphatic hydroxyl groups is 1. The third kappa shape index (κ3) is 11.9. The van der Waals surface area contributed by atoms with Crippen molar-refractivity contribution in [3.05, 3.63) is 79.7 Å². The molecule has 4 aromatic rings. The summed E-state index contributed by atoms with van der Waals surface area (Å²) in [5, 5.41) is 19.9. The van der Waals surface area contributed by atoms with Crippen LogP contribution in [0.15, 0.2) is 53.5 Å². The number of nitrogens with two attached hydrogens (primary N) is 1. The van der Waals surface area contributed by atoms with Crippen LogP contribution in [0.1, 0.15) is 91.0 Å². The molecule has 2 aliphatic rings.